The number of halogens is 3. The number of fused-ring (bicyclic) bond motifs is 1. The minimum Gasteiger partial charge on any atom is -0.327 e. The molecule has 1 aromatic carbocycles. The van der Waals surface area contributed by atoms with E-state index in [0.717, 1.165) is 31.4 Å². The maximum absolute atomic E-state index is 13.1. The van der Waals surface area contributed by atoms with Crippen molar-refractivity contribution in [2.24, 2.45) is 17.6 Å². The summed E-state index contributed by atoms with van der Waals surface area (Å²) in [6.07, 6.45) is 3.02. The molecule has 1 aliphatic heterocycles. The fourth-order valence-electron chi connectivity index (χ4n) is 3.50. The van der Waals surface area contributed by atoms with Crippen LogP contribution in [0.25, 0.3) is 0 Å². The molecule has 3 unspecified atom stereocenters. The Hall–Kier alpha value is -0.400. The molecule has 0 aromatic heterocycles. The Labute approximate surface area is 141 Å². The standard InChI is InChI=1S/C14H18ClFN2O2S.ClH/c15-12-6-10(16)4-5-14(12)21(19,20)18-7-9-2-1-3-13(17)11(9)8-18;/h4-6,9,11,13H,1-3,7-8,17H2;1H. The zero-order chi connectivity index (χ0) is 15.2. The lowest BCUT2D eigenvalue weighted by Gasteiger charge is -2.29. The maximum atomic E-state index is 13.1. The van der Waals surface area contributed by atoms with Crippen molar-refractivity contribution in [3.8, 4) is 0 Å². The van der Waals surface area contributed by atoms with Crippen molar-refractivity contribution in [1.29, 1.82) is 0 Å². The Morgan fingerprint density at radius 1 is 1.27 bits per heavy atom. The first kappa shape index (κ1) is 17.9. The maximum Gasteiger partial charge on any atom is 0.244 e. The Balaban J connectivity index is 0.00000176. The summed E-state index contributed by atoms with van der Waals surface area (Å²) in [4.78, 5) is -0.0298. The van der Waals surface area contributed by atoms with Crippen LogP contribution in [0.3, 0.4) is 0 Å². The second kappa shape index (κ2) is 6.61. The van der Waals surface area contributed by atoms with Gasteiger partial charge in [-0.1, -0.05) is 18.0 Å². The van der Waals surface area contributed by atoms with Crippen LogP contribution in [-0.2, 0) is 10.0 Å². The Bertz CT molecular complexity index is 656. The highest BCUT2D eigenvalue weighted by atomic mass is 35.5. The lowest BCUT2D eigenvalue weighted by atomic mass is 9.78. The fraction of sp³-hybridized carbons (Fsp3) is 0.571. The zero-order valence-electron chi connectivity index (χ0n) is 11.9. The van der Waals surface area contributed by atoms with Gasteiger partial charge in [-0.15, -0.1) is 12.4 Å². The van der Waals surface area contributed by atoms with Crippen LogP contribution >= 0.6 is 24.0 Å². The van der Waals surface area contributed by atoms with Gasteiger partial charge in [-0.2, -0.15) is 4.31 Å². The second-order valence-electron chi connectivity index (χ2n) is 5.92. The van der Waals surface area contributed by atoms with Gasteiger partial charge in [0.15, 0.2) is 0 Å². The van der Waals surface area contributed by atoms with Gasteiger partial charge < -0.3 is 5.73 Å². The van der Waals surface area contributed by atoms with E-state index in [2.05, 4.69) is 0 Å². The largest absolute Gasteiger partial charge is 0.327 e. The van der Waals surface area contributed by atoms with Gasteiger partial charge in [0.05, 0.1) is 5.02 Å². The molecule has 2 fully saturated rings. The lowest BCUT2D eigenvalue weighted by molar-refractivity contribution is 0.260. The first-order valence-corrected chi connectivity index (χ1v) is 8.92. The van der Waals surface area contributed by atoms with Gasteiger partial charge in [-0.3, -0.25) is 0 Å². The monoisotopic (exact) mass is 368 g/mol. The summed E-state index contributed by atoms with van der Waals surface area (Å²) in [5.74, 6) is -0.00781. The number of sulfonamides is 1. The van der Waals surface area contributed by atoms with Crippen molar-refractivity contribution in [2.75, 3.05) is 13.1 Å². The Kier molecular flexibility index (Phi) is 5.39. The molecule has 1 aliphatic carbocycles. The summed E-state index contributed by atoms with van der Waals surface area (Å²) in [5, 5.41) is -0.0748. The Morgan fingerprint density at radius 2 is 2.00 bits per heavy atom. The molecule has 2 N–H and O–H groups in total. The highest BCUT2D eigenvalue weighted by Crippen LogP contribution is 2.38. The summed E-state index contributed by atoms with van der Waals surface area (Å²) in [6, 6.07) is 3.44. The molecule has 4 nitrogen and oxygen atoms in total. The molecule has 0 spiro atoms. The molecular formula is C14H19Cl2FN2O2S. The number of nitrogens with zero attached hydrogens (tertiary/aromatic N) is 1. The second-order valence-corrected chi connectivity index (χ2v) is 8.23. The van der Waals surface area contributed by atoms with E-state index in [9.17, 15) is 12.8 Å². The fourth-order valence-corrected chi connectivity index (χ4v) is 5.53. The summed E-state index contributed by atoms with van der Waals surface area (Å²) < 4.78 is 39.9. The van der Waals surface area contributed by atoms with Crippen LogP contribution in [0.2, 0.25) is 5.02 Å². The third-order valence-electron chi connectivity index (χ3n) is 4.63. The summed E-state index contributed by atoms with van der Waals surface area (Å²) in [5.41, 5.74) is 6.12. The predicted octanol–water partition coefficient (Wildman–Crippen LogP) is 2.65. The van der Waals surface area contributed by atoms with E-state index >= 15 is 0 Å². The van der Waals surface area contributed by atoms with Gasteiger partial charge in [0.1, 0.15) is 10.7 Å². The van der Waals surface area contributed by atoms with E-state index < -0.39 is 15.8 Å². The topological polar surface area (TPSA) is 63.4 Å². The van der Waals surface area contributed by atoms with Crippen LogP contribution in [-0.4, -0.2) is 31.9 Å². The normalized spacial score (nSPS) is 29.0. The van der Waals surface area contributed by atoms with E-state index in [1.54, 1.807) is 0 Å². The van der Waals surface area contributed by atoms with Gasteiger partial charge in [-0.05, 0) is 42.9 Å². The molecule has 3 atom stereocenters. The molecule has 0 amide bonds. The molecule has 0 bridgehead atoms. The highest BCUT2D eigenvalue weighted by Gasteiger charge is 2.43. The molecule has 1 heterocycles. The van der Waals surface area contributed by atoms with Crippen molar-refractivity contribution < 1.29 is 12.8 Å². The number of nitrogens with two attached hydrogens (primary N) is 1. The van der Waals surface area contributed by atoms with Gasteiger partial charge >= 0.3 is 0 Å². The smallest absolute Gasteiger partial charge is 0.244 e. The molecule has 124 valence electrons. The highest BCUT2D eigenvalue weighted by molar-refractivity contribution is 7.89. The zero-order valence-corrected chi connectivity index (χ0v) is 14.3. The van der Waals surface area contributed by atoms with Crippen LogP contribution in [0.1, 0.15) is 19.3 Å². The molecule has 1 saturated carbocycles. The van der Waals surface area contributed by atoms with Crippen molar-refractivity contribution in [2.45, 2.75) is 30.2 Å². The van der Waals surface area contributed by atoms with Crippen LogP contribution in [0.4, 0.5) is 4.39 Å². The minimum atomic E-state index is -3.69. The summed E-state index contributed by atoms with van der Waals surface area (Å²) >= 11 is 5.90. The molecule has 1 saturated heterocycles. The van der Waals surface area contributed by atoms with Crippen molar-refractivity contribution in [1.82, 2.24) is 4.31 Å². The van der Waals surface area contributed by atoms with Crippen LogP contribution < -0.4 is 5.73 Å². The first-order chi connectivity index (χ1) is 9.89. The molecule has 22 heavy (non-hydrogen) atoms. The summed E-state index contributed by atoms with van der Waals surface area (Å²) in [6.45, 7) is 0.913. The average Bonchev–Trinajstić information content (AvgIpc) is 2.84. The quantitative estimate of drug-likeness (QED) is 0.872. The molecule has 0 radical (unpaired) electrons. The van der Waals surface area contributed by atoms with Gasteiger partial charge in [0, 0.05) is 19.1 Å². The predicted molar refractivity (Wildman–Crippen MR) is 86.2 cm³/mol. The van der Waals surface area contributed by atoms with Crippen molar-refractivity contribution in [3.63, 3.8) is 0 Å². The molecule has 3 rings (SSSR count). The minimum absolute atomic E-state index is 0. The molecule has 8 heteroatoms. The number of benzene rings is 1. The van der Waals surface area contributed by atoms with E-state index in [0.29, 0.717) is 19.0 Å². The van der Waals surface area contributed by atoms with Crippen LogP contribution in [0.5, 0.6) is 0 Å². The molecule has 2 aliphatic rings. The number of hydrogen-bond donors (Lipinski definition) is 1. The van der Waals surface area contributed by atoms with Crippen LogP contribution in [0, 0.1) is 17.7 Å². The first-order valence-electron chi connectivity index (χ1n) is 7.10. The third kappa shape index (κ3) is 3.12. The SMILES string of the molecule is Cl.NC1CCCC2CN(S(=O)(=O)c3ccc(F)cc3Cl)CC12. The van der Waals surface area contributed by atoms with Gasteiger partial charge in [0.25, 0.3) is 0 Å². The molecule has 1 aromatic rings. The van der Waals surface area contributed by atoms with Gasteiger partial charge in [-0.25, -0.2) is 12.8 Å². The summed E-state index contributed by atoms with van der Waals surface area (Å²) in [7, 11) is -3.69. The van der Waals surface area contributed by atoms with E-state index in [1.165, 1.54) is 10.4 Å². The van der Waals surface area contributed by atoms with E-state index in [1.807, 2.05) is 0 Å². The number of rotatable bonds is 2. The van der Waals surface area contributed by atoms with Gasteiger partial charge in [0.2, 0.25) is 10.0 Å². The van der Waals surface area contributed by atoms with Crippen molar-refractivity contribution in [3.05, 3.63) is 29.0 Å². The lowest BCUT2D eigenvalue weighted by Crippen LogP contribution is -2.38. The average molecular weight is 369 g/mol. The van der Waals surface area contributed by atoms with E-state index in [4.69, 9.17) is 17.3 Å². The third-order valence-corrected chi connectivity index (χ3v) is 6.95. The number of hydrogen-bond acceptors (Lipinski definition) is 3. The van der Waals surface area contributed by atoms with E-state index in [-0.39, 0.29) is 34.3 Å². The Morgan fingerprint density at radius 3 is 2.64 bits per heavy atom. The van der Waals surface area contributed by atoms with Crippen LogP contribution in [0.15, 0.2) is 23.1 Å². The van der Waals surface area contributed by atoms with Crippen molar-refractivity contribution >= 4 is 34.0 Å². The molecular weight excluding hydrogens is 350 g/mol.